The van der Waals surface area contributed by atoms with Gasteiger partial charge in [-0.05, 0) is 51.3 Å². The van der Waals surface area contributed by atoms with Crippen LogP contribution < -0.4 is 0 Å². The summed E-state index contributed by atoms with van der Waals surface area (Å²) in [6.45, 7) is 9.96. The summed E-state index contributed by atoms with van der Waals surface area (Å²) < 4.78 is 4.87. The maximum Gasteiger partial charge on any atom is 0.315 e. The Bertz CT molecular complexity index is 394. The van der Waals surface area contributed by atoms with Crippen LogP contribution in [0, 0.1) is 20.8 Å². The summed E-state index contributed by atoms with van der Waals surface area (Å²) in [5.41, 5.74) is 4.00. The van der Waals surface area contributed by atoms with Gasteiger partial charge in [0.15, 0.2) is 0 Å². The van der Waals surface area contributed by atoms with Crippen molar-refractivity contribution in [3.05, 3.63) is 34.4 Å². The van der Waals surface area contributed by atoms with Gasteiger partial charge in [-0.15, -0.1) is 0 Å². The number of methoxy groups -OCH3 is 1. The molecule has 88 valence electrons. The molecule has 2 nitrogen and oxygen atoms in total. The molecule has 1 aromatic carbocycles. The van der Waals surface area contributed by atoms with Crippen LogP contribution in [-0.4, -0.2) is 13.1 Å². The summed E-state index contributed by atoms with van der Waals surface area (Å²) in [5, 5.41) is 0. The summed E-state index contributed by atoms with van der Waals surface area (Å²) in [4.78, 5) is 11.8. The second-order valence-electron chi connectivity index (χ2n) is 4.89. The Morgan fingerprint density at radius 3 is 1.94 bits per heavy atom. The molecule has 0 radical (unpaired) electrons. The van der Waals surface area contributed by atoms with Crippen LogP contribution in [0.3, 0.4) is 0 Å². The van der Waals surface area contributed by atoms with Crippen LogP contribution in [0.25, 0.3) is 0 Å². The highest BCUT2D eigenvalue weighted by atomic mass is 16.5. The molecule has 2 heteroatoms. The number of benzene rings is 1. The topological polar surface area (TPSA) is 26.3 Å². The molecule has 0 atom stereocenters. The number of hydrogen-bond donors (Lipinski definition) is 0. The van der Waals surface area contributed by atoms with Gasteiger partial charge in [0.05, 0.1) is 12.5 Å². The molecule has 0 heterocycles. The summed E-state index contributed by atoms with van der Waals surface area (Å²) in [5.74, 6) is -0.192. The highest BCUT2D eigenvalue weighted by Crippen LogP contribution is 2.31. The molecule has 0 unspecified atom stereocenters. The Kier molecular flexibility index (Phi) is 3.41. The predicted molar refractivity (Wildman–Crippen MR) is 65.7 cm³/mol. The zero-order valence-electron chi connectivity index (χ0n) is 11.0. The quantitative estimate of drug-likeness (QED) is 0.716. The van der Waals surface area contributed by atoms with Crippen molar-refractivity contribution < 1.29 is 9.53 Å². The lowest BCUT2D eigenvalue weighted by Gasteiger charge is -2.26. The van der Waals surface area contributed by atoms with Gasteiger partial charge in [0, 0.05) is 0 Å². The first-order valence-electron chi connectivity index (χ1n) is 5.47. The van der Waals surface area contributed by atoms with Crippen molar-refractivity contribution in [2.24, 2.45) is 0 Å². The molecule has 0 fully saturated rings. The second-order valence-corrected chi connectivity index (χ2v) is 4.89. The van der Waals surface area contributed by atoms with Crippen molar-refractivity contribution in [3.63, 3.8) is 0 Å². The normalized spacial score (nSPS) is 11.4. The number of carbonyl (C=O) groups excluding carboxylic acids is 1. The zero-order chi connectivity index (χ0) is 12.5. The van der Waals surface area contributed by atoms with E-state index in [2.05, 4.69) is 19.1 Å². The largest absolute Gasteiger partial charge is 0.468 e. The van der Waals surface area contributed by atoms with Crippen molar-refractivity contribution in [2.75, 3.05) is 7.11 Å². The van der Waals surface area contributed by atoms with E-state index in [1.54, 1.807) is 0 Å². The summed E-state index contributed by atoms with van der Waals surface area (Å²) in [6, 6.07) is 4.21. The molecule has 1 aromatic rings. The van der Waals surface area contributed by atoms with E-state index >= 15 is 0 Å². The molecule has 0 bridgehead atoms. The Balaban J connectivity index is 3.38. The minimum Gasteiger partial charge on any atom is -0.468 e. The van der Waals surface area contributed by atoms with E-state index < -0.39 is 5.41 Å². The monoisotopic (exact) mass is 220 g/mol. The van der Waals surface area contributed by atoms with E-state index in [0.29, 0.717) is 0 Å². The van der Waals surface area contributed by atoms with Crippen molar-refractivity contribution in [3.8, 4) is 0 Å². The van der Waals surface area contributed by atoms with E-state index in [-0.39, 0.29) is 5.97 Å². The summed E-state index contributed by atoms with van der Waals surface area (Å²) in [7, 11) is 1.43. The highest BCUT2D eigenvalue weighted by molar-refractivity contribution is 5.83. The number of ether oxygens (including phenoxy) is 1. The lowest BCUT2D eigenvalue weighted by molar-refractivity contribution is -0.146. The molecule has 0 saturated heterocycles. The van der Waals surface area contributed by atoms with E-state index in [0.717, 1.165) is 16.7 Å². The average Bonchev–Trinajstić information content (AvgIpc) is 2.14. The lowest BCUT2D eigenvalue weighted by Crippen LogP contribution is -2.32. The Hall–Kier alpha value is -1.31. The van der Waals surface area contributed by atoms with Crippen LogP contribution in [0.15, 0.2) is 12.1 Å². The third-order valence-electron chi connectivity index (χ3n) is 3.00. The van der Waals surface area contributed by atoms with Crippen LogP contribution >= 0.6 is 0 Å². The molecule has 0 amide bonds. The molecule has 0 aliphatic heterocycles. The first-order valence-corrected chi connectivity index (χ1v) is 5.47. The summed E-state index contributed by atoms with van der Waals surface area (Å²) >= 11 is 0. The van der Waals surface area contributed by atoms with Crippen molar-refractivity contribution in [1.82, 2.24) is 0 Å². The first-order chi connectivity index (χ1) is 7.30. The van der Waals surface area contributed by atoms with Gasteiger partial charge >= 0.3 is 5.97 Å². The van der Waals surface area contributed by atoms with Gasteiger partial charge < -0.3 is 4.74 Å². The zero-order valence-corrected chi connectivity index (χ0v) is 11.0. The summed E-state index contributed by atoms with van der Waals surface area (Å²) in [6.07, 6.45) is 0. The molecular formula is C14H20O2. The molecular weight excluding hydrogens is 200 g/mol. The number of esters is 1. The first kappa shape index (κ1) is 12.8. The standard InChI is InChI=1S/C14H20O2/c1-9-7-10(2)12(11(3)8-9)14(4,5)13(15)16-6/h7-8H,1-6H3. The van der Waals surface area contributed by atoms with E-state index in [4.69, 9.17) is 4.74 Å². The third-order valence-corrected chi connectivity index (χ3v) is 3.00. The van der Waals surface area contributed by atoms with Crippen molar-refractivity contribution in [1.29, 1.82) is 0 Å². The van der Waals surface area contributed by atoms with Crippen molar-refractivity contribution in [2.45, 2.75) is 40.0 Å². The second kappa shape index (κ2) is 4.28. The molecule has 0 saturated carbocycles. The average molecular weight is 220 g/mol. The minimum atomic E-state index is -0.587. The molecule has 0 aliphatic rings. The molecule has 1 rings (SSSR count). The van der Waals surface area contributed by atoms with Crippen LogP contribution in [-0.2, 0) is 14.9 Å². The van der Waals surface area contributed by atoms with E-state index in [9.17, 15) is 4.79 Å². The van der Waals surface area contributed by atoms with E-state index in [1.165, 1.54) is 12.7 Å². The van der Waals surface area contributed by atoms with Crippen LogP contribution in [0.1, 0.15) is 36.1 Å². The fraction of sp³-hybridized carbons (Fsp3) is 0.500. The fourth-order valence-corrected chi connectivity index (χ4v) is 2.52. The lowest BCUT2D eigenvalue weighted by atomic mass is 9.79. The maximum atomic E-state index is 11.8. The Morgan fingerprint density at radius 1 is 1.12 bits per heavy atom. The molecule has 0 aliphatic carbocycles. The van der Waals surface area contributed by atoms with Crippen LogP contribution in [0.4, 0.5) is 0 Å². The van der Waals surface area contributed by atoms with Gasteiger partial charge in [0.2, 0.25) is 0 Å². The smallest absolute Gasteiger partial charge is 0.315 e. The number of aryl methyl sites for hydroxylation is 3. The van der Waals surface area contributed by atoms with Gasteiger partial charge in [0.25, 0.3) is 0 Å². The van der Waals surface area contributed by atoms with Crippen LogP contribution in [0.5, 0.6) is 0 Å². The van der Waals surface area contributed by atoms with E-state index in [1.807, 2.05) is 27.7 Å². The van der Waals surface area contributed by atoms with Gasteiger partial charge in [-0.2, -0.15) is 0 Å². The van der Waals surface area contributed by atoms with Gasteiger partial charge in [0.1, 0.15) is 0 Å². The fourth-order valence-electron chi connectivity index (χ4n) is 2.52. The molecule has 0 spiro atoms. The SMILES string of the molecule is COC(=O)C(C)(C)c1c(C)cc(C)cc1C. The molecule has 16 heavy (non-hydrogen) atoms. The minimum absolute atomic E-state index is 0.192. The molecule has 0 N–H and O–H groups in total. The molecule has 0 aromatic heterocycles. The Labute approximate surface area is 97.6 Å². The highest BCUT2D eigenvalue weighted by Gasteiger charge is 2.33. The van der Waals surface area contributed by atoms with Crippen LogP contribution in [0.2, 0.25) is 0 Å². The Morgan fingerprint density at radius 2 is 1.56 bits per heavy atom. The third kappa shape index (κ3) is 2.11. The van der Waals surface area contributed by atoms with Gasteiger partial charge in [-0.3, -0.25) is 4.79 Å². The van der Waals surface area contributed by atoms with Gasteiger partial charge in [-0.1, -0.05) is 17.7 Å². The number of rotatable bonds is 2. The number of hydrogen-bond acceptors (Lipinski definition) is 2. The number of carbonyl (C=O) groups is 1. The van der Waals surface area contributed by atoms with Gasteiger partial charge in [-0.25, -0.2) is 0 Å². The van der Waals surface area contributed by atoms with Crippen molar-refractivity contribution >= 4 is 5.97 Å². The maximum absolute atomic E-state index is 11.8. The predicted octanol–water partition coefficient (Wildman–Crippen LogP) is 3.06.